The Bertz CT molecular complexity index is 866. The number of nitrogens with one attached hydrogen (secondary N) is 2. The second kappa shape index (κ2) is 13.6. The molecule has 10 heteroatoms. The zero-order chi connectivity index (χ0) is 22.1. The molecule has 2 heterocycles. The second-order valence-electron chi connectivity index (χ2n) is 7.76. The van der Waals surface area contributed by atoms with Crippen molar-refractivity contribution in [1.82, 2.24) is 30.3 Å². The van der Waals surface area contributed by atoms with Crippen molar-refractivity contribution in [3.8, 4) is 5.75 Å². The van der Waals surface area contributed by atoms with Gasteiger partial charge in [0.1, 0.15) is 18.1 Å². The van der Waals surface area contributed by atoms with Crippen molar-refractivity contribution in [2.75, 3.05) is 53.0 Å². The summed E-state index contributed by atoms with van der Waals surface area (Å²) < 4.78 is 12.9. The van der Waals surface area contributed by atoms with E-state index in [1.54, 1.807) is 7.11 Å². The van der Waals surface area contributed by atoms with Crippen molar-refractivity contribution in [2.45, 2.75) is 26.8 Å². The molecule has 1 aromatic carbocycles. The van der Waals surface area contributed by atoms with Gasteiger partial charge in [-0.1, -0.05) is 17.7 Å². The molecular weight excluding hydrogens is 521 g/mol. The Hall–Kier alpha value is -1.92. The molecule has 1 saturated heterocycles. The third-order valence-corrected chi connectivity index (χ3v) is 5.51. The summed E-state index contributed by atoms with van der Waals surface area (Å²) >= 11 is 0. The average Bonchev–Trinajstić information content (AvgIpc) is 3.10. The summed E-state index contributed by atoms with van der Waals surface area (Å²) in [4.78, 5) is 7.14. The number of guanidine groups is 1. The van der Waals surface area contributed by atoms with Gasteiger partial charge in [0.15, 0.2) is 11.8 Å². The van der Waals surface area contributed by atoms with Gasteiger partial charge in [-0.2, -0.15) is 0 Å². The van der Waals surface area contributed by atoms with Gasteiger partial charge in [-0.25, -0.2) is 4.99 Å². The van der Waals surface area contributed by atoms with Gasteiger partial charge >= 0.3 is 0 Å². The fraction of sp³-hybridized carbons (Fsp3) is 0.591. The lowest BCUT2D eigenvalue weighted by Crippen LogP contribution is -2.44. The second-order valence-corrected chi connectivity index (χ2v) is 7.76. The summed E-state index contributed by atoms with van der Waals surface area (Å²) in [7, 11) is 3.67. The Kier molecular flexibility index (Phi) is 11.2. The Morgan fingerprint density at radius 3 is 2.59 bits per heavy atom. The number of nitrogens with zero attached hydrogens (tertiary/aromatic N) is 5. The van der Waals surface area contributed by atoms with Gasteiger partial charge in [0, 0.05) is 39.8 Å². The third-order valence-electron chi connectivity index (χ3n) is 5.51. The van der Waals surface area contributed by atoms with E-state index in [0.29, 0.717) is 6.54 Å². The van der Waals surface area contributed by atoms with Crippen molar-refractivity contribution >= 4 is 29.9 Å². The van der Waals surface area contributed by atoms with Crippen LogP contribution in [0.15, 0.2) is 23.2 Å². The molecule has 2 aromatic rings. The number of morpholine rings is 1. The maximum Gasteiger partial charge on any atom is 0.191 e. The van der Waals surface area contributed by atoms with Crippen molar-refractivity contribution in [2.24, 2.45) is 12.0 Å². The normalized spacial score (nSPS) is 14.7. The zero-order valence-corrected chi connectivity index (χ0v) is 21.9. The average molecular weight is 557 g/mol. The first kappa shape index (κ1) is 26.3. The van der Waals surface area contributed by atoms with Crippen molar-refractivity contribution in [3.05, 3.63) is 41.0 Å². The predicted octanol–water partition coefficient (Wildman–Crippen LogP) is 1.67. The Balaban J connectivity index is 0.00000363. The number of hydrogen-bond donors (Lipinski definition) is 2. The van der Waals surface area contributed by atoms with E-state index < -0.39 is 0 Å². The first-order chi connectivity index (χ1) is 15.1. The van der Waals surface area contributed by atoms with Crippen LogP contribution in [0, 0.1) is 13.8 Å². The molecule has 178 valence electrons. The van der Waals surface area contributed by atoms with E-state index in [9.17, 15) is 0 Å². The number of benzene rings is 1. The zero-order valence-electron chi connectivity index (χ0n) is 19.6. The lowest BCUT2D eigenvalue weighted by Gasteiger charge is -2.26. The molecule has 0 radical (unpaired) electrons. The lowest BCUT2D eigenvalue weighted by molar-refractivity contribution is 0.0389. The molecule has 0 spiro atoms. The highest BCUT2D eigenvalue weighted by atomic mass is 127. The summed E-state index contributed by atoms with van der Waals surface area (Å²) in [5, 5.41) is 15.2. The van der Waals surface area contributed by atoms with Crippen LogP contribution in [-0.4, -0.2) is 78.7 Å². The minimum Gasteiger partial charge on any atom is -0.496 e. The first-order valence-electron chi connectivity index (χ1n) is 10.9. The van der Waals surface area contributed by atoms with E-state index in [2.05, 4.69) is 44.8 Å². The van der Waals surface area contributed by atoms with Crippen LogP contribution in [0.25, 0.3) is 0 Å². The van der Waals surface area contributed by atoms with Crippen LogP contribution in [0.2, 0.25) is 0 Å². The molecule has 0 unspecified atom stereocenters. The van der Waals surface area contributed by atoms with E-state index in [1.807, 2.05) is 24.6 Å². The molecular formula is C22H36IN7O2. The van der Waals surface area contributed by atoms with E-state index in [-0.39, 0.29) is 24.0 Å². The maximum absolute atomic E-state index is 5.50. The SMILES string of the molecule is COc1ccc(C)cc1CCNC(=NCc1nnc(C)n1C)NCCN1CCOCC1.I. The molecule has 3 rings (SSSR count). The summed E-state index contributed by atoms with van der Waals surface area (Å²) in [6.45, 7) is 10.6. The largest absolute Gasteiger partial charge is 0.496 e. The van der Waals surface area contributed by atoms with Gasteiger partial charge in [-0.15, -0.1) is 34.2 Å². The van der Waals surface area contributed by atoms with E-state index in [4.69, 9.17) is 14.5 Å². The van der Waals surface area contributed by atoms with Gasteiger partial charge in [0.2, 0.25) is 0 Å². The van der Waals surface area contributed by atoms with Crippen LogP contribution in [0.1, 0.15) is 22.8 Å². The first-order valence-corrected chi connectivity index (χ1v) is 10.9. The summed E-state index contributed by atoms with van der Waals surface area (Å²) in [6, 6.07) is 6.26. The van der Waals surface area contributed by atoms with E-state index >= 15 is 0 Å². The molecule has 0 saturated carbocycles. The predicted molar refractivity (Wildman–Crippen MR) is 137 cm³/mol. The molecule has 1 aliphatic heterocycles. The highest BCUT2D eigenvalue weighted by molar-refractivity contribution is 14.0. The monoisotopic (exact) mass is 557 g/mol. The van der Waals surface area contributed by atoms with Crippen LogP contribution >= 0.6 is 24.0 Å². The number of rotatable bonds is 9. The molecule has 32 heavy (non-hydrogen) atoms. The van der Waals surface area contributed by atoms with E-state index in [0.717, 1.165) is 75.7 Å². The fourth-order valence-electron chi connectivity index (χ4n) is 3.49. The Labute approximate surface area is 208 Å². The molecule has 1 aliphatic rings. The minimum absolute atomic E-state index is 0. The van der Waals surface area contributed by atoms with Crippen molar-refractivity contribution in [3.63, 3.8) is 0 Å². The summed E-state index contributed by atoms with van der Waals surface area (Å²) in [5.41, 5.74) is 2.41. The van der Waals surface area contributed by atoms with Crippen molar-refractivity contribution < 1.29 is 9.47 Å². The number of aliphatic imine (C=N–C) groups is 1. The lowest BCUT2D eigenvalue weighted by atomic mass is 10.1. The number of ether oxygens (including phenoxy) is 2. The minimum atomic E-state index is 0. The standard InChI is InChI=1S/C22H35N7O2.HI/c1-17-5-6-20(30-4)19(15-17)7-8-23-22(24-9-10-29-11-13-31-14-12-29)25-16-21-27-26-18(2)28(21)3;/h5-6,15H,7-14,16H2,1-4H3,(H2,23,24,25);1H. The van der Waals surface area contributed by atoms with Gasteiger partial charge in [-0.05, 0) is 31.9 Å². The number of methoxy groups -OCH3 is 1. The van der Waals surface area contributed by atoms with Crippen LogP contribution in [-0.2, 0) is 24.8 Å². The fourth-order valence-corrected chi connectivity index (χ4v) is 3.49. The number of aromatic nitrogens is 3. The van der Waals surface area contributed by atoms with Crippen LogP contribution in [0.4, 0.5) is 0 Å². The number of aryl methyl sites for hydroxylation is 2. The van der Waals surface area contributed by atoms with Crippen LogP contribution in [0.5, 0.6) is 5.75 Å². The third kappa shape index (κ3) is 7.89. The van der Waals surface area contributed by atoms with Crippen LogP contribution in [0.3, 0.4) is 0 Å². The molecule has 0 aliphatic carbocycles. The summed E-state index contributed by atoms with van der Waals surface area (Å²) in [5.74, 6) is 3.42. The highest BCUT2D eigenvalue weighted by Crippen LogP contribution is 2.19. The number of hydrogen-bond acceptors (Lipinski definition) is 6. The Morgan fingerprint density at radius 1 is 1.16 bits per heavy atom. The number of halogens is 1. The summed E-state index contributed by atoms with van der Waals surface area (Å²) in [6.07, 6.45) is 0.845. The quantitative estimate of drug-likeness (QED) is 0.276. The molecule has 2 N–H and O–H groups in total. The van der Waals surface area contributed by atoms with Gasteiger partial charge in [-0.3, -0.25) is 4.90 Å². The topological polar surface area (TPSA) is 88.8 Å². The Morgan fingerprint density at radius 2 is 1.91 bits per heavy atom. The van der Waals surface area contributed by atoms with Crippen molar-refractivity contribution in [1.29, 1.82) is 0 Å². The highest BCUT2D eigenvalue weighted by Gasteiger charge is 2.11. The molecule has 9 nitrogen and oxygen atoms in total. The molecule has 0 amide bonds. The maximum atomic E-state index is 5.50. The van der Waals surface area contributed by atoms with E-state index in [1.165, 1.54) is 11.1 Å². The molecule has 0 atom stereocenters. The molecule has 0 bridgehead atoms. The van der Waals surface area contributed by atoms with Gasteiger partial charge in [0.05, 0.1) is 20.3 Å². The van der Waals surface area contributed by atoms with Gasteiger partial charge < -0.3 is 24.7 Å². The smallest absolute Gasteiger partial charge is 0.191 e. The van der Waals surface area contributed by atoms with Gasteiger partial charge in [0.25, 0.3) is 0 Å². The van der Waals surface area contributed by atoms with Crippen LogP contribution < -0.4 is 15.4 Å². The molecule has 1 fully saturated rings. The molecule has 1 aromatic heterocycles.